The number of carbonyl (C=O) groups excluding carboxylic acids is 1. The Morgan fingerprint density at radius 2 is 2.11 bits per heavy atom. The molecule has 0 aliphatic heterocycles. The van der Waals surface area contributed by atoms with Gasteiger partial charge >= 0.3 is 11.6 Å². The molecule has 0 saturated carbocycles. The van der Waals surface area contributed by atoms with Gasteiger partial charge in [-0.15, -0.1) is 11.3 Å². The quantitative estimate of drug-likeness (QED) is 0.586. The fraction of sp³-hybridized carbons (Fsp3) is 0.222. The molecule has 0 aliphatic rings. The third kappa shape index (κ3) is 4.15. The van der Waals surface area contributed by atoms with Crippen LogP contribution in [0.5, 0.6) is 5.75 Å². The first kappa shape index (κ1) is 19.8. The minimum Gasteiger partial charge on any atom is -0.495 e. The highest BCUT2D eigenvalue weighted by molar-refractivity contribution is 7.13. The van der Waals surface area contributed by atoms with E-state index in [9.17, 15) is 14.4 Å². The molecule has 146 valence electrons. The van der Waals surface area contributed by atoms with Crippen molar-refractivity contribution in [3.05, 3.63) is 49.8 Å². The molecule has 28 heavy (non-hydrogen) atoms. The van der Waals surface area contributed by atoms with Gasteiger partial charge < -0.3 is 19.6 Å². The van der Waals surface area contributed by atoms with Gasteiger partial charge in [-0.1, -0.05) is 11.6 Å². The van der Waals surface area contributed by atoms with Crippen molar-refractivity contribution in [1.82, 2.24) is 4.98 Å². The number of fused-ring (bicyclic) bond motifs is 1. The van der Waals surface area contributed by atoms with Crippen LogP contribution in [-0.4, -0.2) is 29.1 Å². The maximum Gasteiger partial charge on any atom is 0.340 e. The van der Waals surface area contributed by atoms with E-state index in [-0.39, 0.29) is 23.5 Å². The number of benzene rings is 1. The van der Waals surface area contributed by atoms with Crippen molar-refractivity contribution in [2.45, 2.75) is 19.8 Å². The Morgan fingerprint density at radius 1 is 1.36 bits per heavy atom. The van der Waals surface area contributed by atoms with E-state index >= 15 is 0 Å². The average molecular weight is 423 g/mol. The number of aromatic nitrogens is 1. The van der Waals surface area contributed by atoms with Crippen molar-refractivity contribution in [2.24, 2.45) is 0 Å². The molecule has 0 saturated heterocycles. The van der Waals surface area contributed by atoms with E-state index in [1.807, 2.05) is 0 Å². The van der Waals surface area contributed by atoms with Gasteiger partial charge in [-0.2, -0.15) is 0 Å². The molecule has 8 nitrogen and oxygen atoms in total. The summed E-state index contributed by atoms with van der Waals surface area (Å²) in [5.41, 5.74) is 0.810. The molecule has 10 heteroatoms. The summed E-state index contributed by atoms with van der Waals surface area (Å²) in [6, 6.07) is 3.14. The molecular formula is C18H15ClN2O6S. The molecule has 1 amide bonds. The number of nitrogens with one attached hydrogen (secondary N) is 1. The molecule has 0 atom stereocenters. The number of carboxylic acids is 1. The minimum absolute atomic E-state index is 0.202. The number of carboxylic acid groups (broad SMARTS) is 1. The zero-order chi connectivity index (χ0) is 20.4. The standard InChI is InChI=1S/C18H15ClN2O6S/c1-8-10-4-12(19)14(26-2)6-13(10)27-17(25)11(8)5-15(22)21-18-20-9(7-28-18)3-16(23)24/h4,6-7H,3,5H2,1-2H3,(H,23,24)(H,20,21,22). The van der Waals surface area contributed by atoms with Crippen LogP contribution >= 0.6 is 22.9 Å². The number of anilines is 1. The van der Waals surface area contributed by atoms with Crippen LogP contribution < -0.4 is 15.7 Å². The molecule has 0 bridgehead atoms. The Hall–Kier alpha value is -2.91. The van der Waals surface area contributed by atoms with Crippen LogP contribution in [0.1, 0.15) is 16.8 Å². The largest absolute Gasteiger partial charge is 0.495 e. The molecule has 0 spiro atoms. The number of aliphatic carboxylic acids is 1. The van der Waals surface area contributed by atoms with Gasteiger partial charge in [0.1, 0.15) is 11.3 Å². The molecule has 2 N–H and O–H groups in total. The lowest BCUT2D eigenvalue weighted by Crippen LogP contribution is -2.20. The van der Waals surface area contributed by atoms with Crippen molar-refractivity contribution in [2.75, 3.05) is 12.4 Å². The Labute approximate surface area is 167 Å². The summed E-state index contributed by atoms with van der Waals surface area (Å²) in [6.45, 7) is 1.71. The van der Waals surface area contributed by atoms with Gasteiger partial charge in [0.15, 0.2) is 5.13 Å². The number of aryl methyl sites for hydroxylation is 1. The van der Waals surface area contributed by atoms with Crippen LogP contribution in [0.2, 0.25) is 5.02 Å². The highest BCUT2D eigenvalue weighted by Crippen LogP contribution is 2.31. The highest BCUT2D eigenvalue weighted by Gasteiger charge is 2.18. The van der Waals surface area contributed by atoms with E-state index in [1.165, 1.54) is 13.2 Å². The lowest BCUT2D eigenvalue weighted by atomic mass is 10.0. The van der Waals surface area contributed by atoms with Gasteiger partial charge in [-0.3, -0.25) is 9.59 Å². The van der Waals surface area contributed by atoms with Gasteiger partial charge in [0.05, 0.1) is 36.2 Å². The normalized spacial score (nSPS) is 10.8. The maximum absolute atomic E-state index is 12.4. The summed E-state index contributed by atoms with van der Waals surface area (Å²) in [6.07, 6.45) is -0.453. The highest BCUT2D eigenvalue weighted by atomic mass is 35.5. The van der Waals surface area contributed by atoms with Crippen molar-refractivity contribution in [3.8, 4) is 5.75 Å². The molecule has 0 unspecified atom stereocenters. The second-order valence-electron chi connectivity index (χ2n) is 5.92. The first-order valence-corrected chi connectivity index (χ1v) is 9.30. The Kier molecular flexibility index (Phi) is 5.66. The van der Waals surface area contributed by atoms with Gasteiger partial charge in [0, 0.05) is 16.8 Å². The number of hydrogen-bond donors (Lipinski definition) is 2. The van der Waals surface area contributed by atoms with Crippen LogP contribution in [-0.2, 0) is 22.4 Å². The van der Waals surface area contributed by atoms with Gasteiger partial charge in [0.2, 0.25) is 5.91 Å². The molecule has 0 fully saturated rings. The van der Waals surface area contributed by atoms with Crippen molar-refractivity contribution in [1.29, 1.82) is 0 Å². The van der Waals surface area contributed by atoms with Crippen LogP contribution in [0, 0.1) is 6.92 Å². The van der Waals surface area contributed by atoms with Gasteiger partial charge in [0.25, 0.3) is 0 Å². The van der Waals surface area contributed by atoms with Crippen molar-refractivity contribution in [3.63, 3.8) is 0 Å². The van der Waals surface area contributed by atoms with E-state index in [2.05, 4.69) is 10.3 Å². The minimum atomic E-state index is -1.01. The summed E-state index contributed by atoms with van der Waals surface area (Å²) in [5.74, 6) is -1.10. The lowest BCUT2D eigenvalue weighted by Gasteiger charge is -2.10. The summed E-state index contributed by atoms with van der Waals surface area (Å²) < 4.78 is 10.4. The number of methoxy groups -OCH3 is 1. The van der Waals surface area contributed by atoms with Gasteiger partial charge in [-0.25, -0.2) is 9.78 Å². The number of nitrogens with zero attached hydrogens (tertiary/aromatic N) is 1. The smallest absolute Gasteiger partial charge is 0.340 e. The molecule has 0 radical (unpaired) electrons. The number of carbonyl (C=O) groups is 2. The van der Waals surface area contributed by atoms with E-state index < -0.39 is 17.5 Å². The third-order valence-electron chi connectivity index (χ3n) is 4.03. The molecule has 3 rings (SSSR count). The van der Waals surface area contributed by atoms with Crippen molar-refractivity contribution >= 4 is 50.9 Å². The van der Waals surface area contributed by atoms with Crippen molar-refractivity contribution < 1.29 is 23.8 Å². The van der Waals surface area contributed by atoms with E-state index in [0.29, 0.717) is 33.0 Å². The SMILES string of the molecule is COc1cc2oc(=O)c(CC(=O)Nc3nc(CC(=O)O)cs3)c(C)c2cc1Cl. The lowest BCUT2D eigenvalue weighted by molar-refractivity contribution is -0.136. The first-order valence-electron chi connectivity index (χ1n) is 8.04. The van der Waals surface area contributed by atoms with Crippen LogP contribution in [0.25, 0.3) is 11.0 Å². The average Bonchev–Trinajstić information content (AvgIpc) is 3.05. The number of rotatable bonds is 6. The summed E-state index contributed by atoms with van der Waals surface area (Å²) in [5, 5.41) is 14.1. The monoisotopic (exact) mass is 422 g/mol. The zero-order valence-electron chi connectivity index (χ0n) is 14.9. The molecule has 2 aromatic heterocycles. The maximum atomic E-state index is 12.4. The Bertz CT molecular complexity index is 1140. The molecular weight excluding hydrogens is 408 g/mol. The number of thiazole rings is 1. The molecule has 2 heterocycles. The van der Waals surface area contributed by atoms with E-state index in [4.69, 9.17) is 25.9 Å². The Balaban J connectivity index is 1.85. The topological polar surface area (TPSA) is 119 Å². The predicted molar refractivity (Wildman–Crippen MR) is 105 cm³/mol. The van der Waals surface area contributed by atoms with Gasteiger partial charge in [-0.05, 0) is 18.6 Å². The number of hydrogen-bond acceptors (Lipinski definition) is 7. The zero-order valence-corrected chi connectivity index (χ0v) is 16.4. The van der Waals surface area contributed by atoms with Crippen LogP contribution in [0.15, 0.2) is 26.7 Å². The summed E-state index contributed by atoms with van der Waals surface area (Å²) in [4.78, 5) is 39.4. The summed E-state index contributed by atoms with van der Waals surface area (Å²) >= 11 is 7.25. The number of ether oxygens (including phenoxy) is 1. The predicted octanol–water partition coefficient (Wildman–Crippen LogP) is 3.03. The Morgan fingerprint density at radius 3 is 2.79 bits per heavy atom. The molecule has 3 aromatic rings. The first-order chi connectivity index (χ1) is 13.3. The van der Waals surface area contributed by atoms with E-state index in [0.717, 1.165) is 11.3 Å². The summed E-state index contributed by atoms with van der Waals surface area (Å²) in [7, 11) is 1.46. The number of halogens is 1. The molecule has 0 aliphatic carbocycles. The fourth-order valence-electron chi connectivity index (χ4n) is 2.68. The molecule has 1 aromatic carbocycles. The van der Waals surface area contributed by atoms with E-state index in [1.54, 1.807) is 18.4 Å². The fourth-order valence-corrected chi connectivity index (χ4v) is 3.64. The third-order valence-corrected chi connectivity index (χ3v) is 5.13. The van der Waals surface area contributed by atoms with Crippen LogP contribution in [0.3, 0.4) is 0 Å². The van der Waals surface area contributed by atoms with Crippen LogP contribution in [0.4, 0.5) is 5.13 Å². The second-order valence-corrected chi connectivity index (χ2v) is 7.18. The second kappa shape index (κ2) is 7.99. The number of amides is 1.